The molecule has 1 rings (SSSR count). The summed E-state index contributed by atoms with van der Waals surface area (Å²) in [4.78, 5) is 13.8. The summed E-state index contributed by atoms with van der Waals surface area (Å²) in [5, 5.41) is 0. The molecule has 0 aliphatic rings. The number of ether oxygens (including phenoxy) is 1. The number of amides is 1. The zero-order valence-electron chi connectivity index (χ0n) is 13.1. The Hall–Kier alpha value is -1.48. The Balaban J connectivity index is 2.84. The number of nitrogens with one attached hydrogen (secondary N) is 1. The van der Waals surface area contributed by atoms with Crippen LogP contribution >= 0.6 is 0 Å². The first-order chi connectivity index (χ1) is 10.3. The molecule has 3 N–H and O–H groups in total. The van der Waals surface area contributed by atoms with Gasteiger partial charge in [-0.05, 0) is 31.2 Å². The van der Waals surface area contributed by atoms with Gasteiger partial charge in [0, 0.05) is 38.9 Å². The summed E-state index contributed by atoms with van der Waals surface area (Å²) in [5.41, 5.74) is 5.95. The lowest BCUT2D eigenvalue weighted by Crippen LogP contribution is -2.39. The lowest BCUT2D eigenvalue weighted by atomic mass is 10.2. The minimum Gasteiger partial charge on any atom is -0.383 e. The minimum absolute atomic E-state index is 0.0911. The van der Waals surface area contributed by atoms with Gasteiger partial charge in [-0.15, -0.1) is 0 Å². The van der Waals surface area contributed by atoms with E-state index in [9.17, 15) is 13.2 Å². The SMILES string of the molecule is COCCNS(=O)(=O)c1ccc(C(=O)N(C)C(C)CN)cc1. The van der Waals surface area contributed by atoms with E-state index in [0.717, 1.165) is 0 Å². The van der Waals surface area contributed by atoms with Crippen molar-refractivity contribution in [3.05, 3.63) is 29.8 Å². The van der Waals surface area contributed by atoms with E-state index in [0.29, 0.717) is 12.1 Å². The van der Waals surface area contributed by atoms with Crippen molar-refractivity contribution in [2.75, 3.05) is 33.9 Å². The third-order valence-electron chi connectivity index (χ3n) is 3.33. The Morgan fingerprint density at radius 1 is 1.36 bits per heavy atom. The first-order valence-electron chi connectivity index (χ1n) is 6.89. The Morgan fingerprint density at radius 3 is 2.45 bits per heavy atom. The van der Waals surface area contributed by atoms with Crippen LogP contribution in [-0.4, -0.2) is 59.1 Å². The van der Waals surface area contributed by atoms with Gasteiger partial charge in [-0.25, -0.2) is 13.1 Å². The van der Waals surface area contributed by atoms with Gasteiger partial charge in [-0.1, -0.05) is 0 Å². The van der Waals surface area contributed by atoms with E-state index in [2.05, 4.69) is 4.72 Å². The van der Waals surface area contributed by atoms with Crippen molar-refractivity contribution in [3.63, 3.8) is 0 Å². The molecule has 8 heteroatoms. The number of nitrogens with two attached hydrogens (primary N) is 1. The number of rotatable bonds is 8. The summed E-state index contributed by atoms with van der Waals surface area (Å²) in [6.07, 6.45) is 0. The second-order valence-electron chi connectivity index (χ2n) is 4.92. The van der Waals surface area contributed by atoms with Crippen molar-refractivity contribution in [2.24, 2.45) is 5.73 Å². The van der Waals surface area contributed by atoms with E-state index in [1.165, 1.54) is 36.3 Å². The van der Waals surface area contributed by atoms with Crippen LogP contribution in [0.1, 0.15) is 17.3 Å². The second-order valence-corrected chi connectivity index (χ2v) is 6.68. The summed E-state index contributed by atoms with van der Waals surface area (Å²) >= 11 is 0. The van der Waals surface area contributed by atoms with Crippen molar-refractivity contribution in [1.82, 2.24) is 9.62 Å². The predicted octanol–water partition coefficient (Wildman–Crippen LogP) is 0.0305. The standard InChI is InChI=1S/C14H23N3O4S/c1-11(10-15)17(2)14(18)12-4-6-13(7-5-12)22(19,20)16-8-9-21-3/h4-7,11,16H,8-10,15H2,1-3H3. The molecular formula is C14H23N3O4S. The van der Waals surface area contributed by atoms with E-state index in [-0.39, 0.29) is 30.0 Å². The molecule has 0 aromatic heterocycles. The first-order valence-corrected chi connectivity index (χ1v) is 8.37. The van der Waals surface area contributed by atoms with Gasteiger partial charge in [-0.3, -0.25) is 4.79 Å². The van der Waals surface area contributed by atoms with Crippen LogP contribution in [0, 0.1) is 0 Å². The van der Waals surface area contributed by atoms with Crippen LogP contribution in [0.2, 0.25) is 0 Å². The van der Waals surface area contributed by atoms with Gasteiger partial charge in [0.05, 0.1) is 11.5 Å². The molecule has 0 bridgehead atoms. The molecule has 0 heterocycles. The molecule has 0 saturated carbocycles. The summed E-state index contributed by atoms with van der Waals surface area (Å²) in [7, 11) is -0.434. The molecule has 1 amide bonds. The van der Waals surface area contributed by atoms with Crippen LogP contribution in [0.15, 0.2) is 29.2 Å². The van der Waals surface area contributed by atoms with Gasteiger partial charge in [0.2, 0.25) is 10.0 Å². The lowest BCUT2D eigenvalue weighted by molar-refractivity contribution is 0.0748. The fourth-order valence-electron chi connectivity index (χ4n) is 1.70. The zero-order valence-corrected chi connectivity index (χ0v) is 13.9. The van der Waals surface area contributed by atoms with Crippen LogP contribution in [0.25, 0.3) is 0 Å². The van der Waals surface area contributed by atoms with Crippen molar-refractivity contribution >= 4 is 15.9 Å². The molecule has 1 aromatic rings. The molecule has 0 saturated heterocycles. The van der Waals surface area contributed by atoms with Gasteiger partial charge >= 0.3 is 0 Å². The van der Waals surface area contributed by atoms with Gasteiger partial charge in [0.25, 0.3) is 5.91 Å². The zero-order chi connectivity index (χ0) is 16.8. The van der Waals surface area contributed by atoms with E-state index in [4.69, 9.17) is 10.5 Å². The summed E-state index contributed by atoms with van der Waals surface area (Å²) in [6.45, 7) is 2.68. The van der Waals surface area contributed by atoms with Crippen LogP contribution in [0.4, 0.5) is 0 Å². The topological polar surface area (TPSA) is 102 Å². The van der Waals surface area contributed by atoms with Crippen molar-refractivity contribution in [2.45, 2.75) is 17.9 Å². The third kappa shape index (κ3) is 4.77. The highest BCUT2D eigenvalue weighted by Gasteiger charge is 2.18. The number of methoxy groups -OCH3 is 1. The van der Waals surface area contributed by atoms with Gasteiger partial charge in [0.15, 0.2) is 0 Å². The number of nitrogens with zero attached hydrogens (tertiary/aromatic N) is 1. The average Bonchev–Trinajstić information content (AvgIpc) is 2.53. The smallest absolute Gasteiger partial charge is 0.253 e. The van der Waals surface area contributed by atoms with Gasteiger partial charge < -0.3 is 15.4 Å². The number of hydrogen-bond donors (Lipinski definition) is 2. The molecule has 1 atom stereocenters. The number of carbonyl (C=O) groups is 1. The predicted molar refractivity (Wildman–Crippen MR) is 84.1 cm³/mol. The summed E-state index contributed by atoms with van der Waals surface area (Å²) < 4.78 is 31.2. The van der Waals surface area contributed by atoms with Crippen LogP contribution < -0.4 is 10.5 Å². The quantitative estimate of drug-likeness (QED) is 0.655. The molecule has 7 nitrogen and oxygen atoms in total. The van der Waals surface area contributed by atoms with E-state index < -0.39 is 10.0 Å². The average molecular weight is 329 g/mol. The van der Waals surface area contributed by atoms with E-state index >= 15 is 0 Å². The van der Waals surface area contributed by atoms with E-state index in [1.807, 2.05) is 6.92 Å². The first kappa shape index (κ1) is 18.6. The van der Waals surface area contributed by atoms with Crippen molar-refractivity contribution in [1.29, 1.82) is 0 Å². The Kier molecular flexibility index (Phi) is 6.95. The highest BCUT2D eigenvalue weighted by Crippen LogP contribution is 2.12. The maximum Gasteiger partial charge on any atom is 0.253 e. The van der Waals surface area contributed by atoms with E-state index in [1.54, 1.807) is 7.05 Å². The van der Waals surface area contributed by atoms with Crippen LogP contribution in [0.5, 0.6) is 0 Å². The van der Waals surface area contributed by atoms with Crippen LogP contribution in [-0.2, 0) is 14.8 Å². The van der Waals surface area contributed by atoms with Gasteiger partial charge in [-0.2, -0.15) is 0 Å². The summed E-state index contributed by atoms with van der Waals surface area (Å²) in [6, 6.07) is 5.71. The molecule has 0 aliphatic carbocycles. The highest BCUT2D eigenvalue weighted by molar-refractivity contribution is 7.89. The number of benzene rings is 1. The van der Waals surface area contributed by atoms with Gasteiger partial charge in [0.1, 0.15) is 0 Å². The Bertz CT molecular complexity index is 587. The molecular weight excluding hydrogens is 306 g/mol. The molecule has 0 aliphatic heterocycles. The minimum atomic E-state index is -3.59. The molecule has 124 valence electrons. The Morgan fingerprint density at radius 2 is 1.95 bits per heavy atom. The molecule has 0 spiro atoms. The van der Waals surface area contributed by atoms with Crippen molar-refractivity contribution < 1.29 is 17.9 Å². The van der Waals surface area contributed by atoms with Crippen LogP contribution in [0.3, 0.4) is 0 Å². The fraction of sp³-hybridized carbons (Fsp3) is 0.500. The lowest BCUT2D eigenvalue weighted by Gasteiger charge is -2.23. The number of hydrogen-bond acceptors (Lipinski definition) is 5. The normalized spacial score (nSPS) is 12.9. The largest absolute Gasteiger partial charge is 0.383 e. The molecule has 0 fully saturated rings. The maximum atomic E-state index is 12.2. The number of likely N-dealkylation sites (N-methyl/N-ethyl adjacent to an activating group) is 1. The molecule has 1 unspecified atom stereocenters. The third-order valence-corrected chi connectivity index (χ3v) is 4.81. The molecule has 0 radical (unpaired) electrons. The monoisotopic (exact) mass is 329 g/mol. The molecule has 1 aromatic carbocycles. The molecule has 22 heavy (non-hydrogen) atoms. The highest BCUT2D eigenvalue weighted by atomic mass is 32.2. The summed E-state index contributed by atoms with van der Waals surface area (Å²) in [5.74, 6) is -0.200. The number of carbonyl (C=O) groups excluding carboxylic acids is 1. The van der Waals surface area contributed by atoms with Crippen molar-refractivity contribution in [3.8, 4) is 0 Å². The Labute approximate surface area is 131 Å². The maximum absolute atomic E-state index is 12.2. The number of sulfonamides is 1. The fourth-order valence-corrected chi connectivity index (χ4v) is 2.71. The second kappa shape index (κ2) is 8.23.